The molecule has 0 aromatic carbocycles. The summed E-state index contributed by atoms with van der Waals surface area (Å²) in [6.45, 7) is 2.48. The molecule has 124 valence electrons. The predicted molar refractivity (Wildman–Crippen MR) is 90.2 cm³/mol. The standard InChI is InChI=1S/C18H24N2O2S/c21-16(9-15-5-8-23-12-15)20-7-2-1-6-18(20)10-17(22)19(13-18)11-14-3-4-14/h5,8,12,14H,1-4,6-7,9-11,13H2. The van der Waals surface area contributed by atoms with Crippen molar-refractivity contribution in [2.45, 2.75) is 50.5 Å². The minimum atomic E-state index is -0.225. The molecule has 0 radical (unpaired) electrons. The van der Waals surface area contributed by atoms with Crippen LogP contribution in [-0.2, 0) is 16.0 Å². The van der Waals surface area contributed by atoms with E-state index in [9.17, 15) is 9.59 Å². The Bertz CT molecular complexity index is 596. The van der Waals surface area contributed by atoms with Crippen LogP contribution in [0, 0.1) is 5.92 Å². The van der Waals surface area contributed by atoms with Crippen LogP contribution < -0.4 is 0 Å². The second-order valence-corrected chi connectivity index (χ2v) is 8.21. The molecule has 5 heteroatoms. The van der Waals surface area contributed by atoms with Crippen molar-refractivity contribution in [1.29, 1.82) is 0 Å². The van der Waals surface area contributed by atoms with Gasteiger partial charge in [0.2, 0.25) is 11.8 Å². The first-order chi connectivity index (χ1) is 11.2. The molecule has 0 bridgehead atoms. The monoisotopic (exact) mass is 332 g/mol. The largest absolute Gasteiger partial charge is 0.340 e. The lowest BCUT2D eigenvalue weighted by Crippen LogP contribution is -2.56. The molecular weight excluding hydrogens is 308 g/mol. The third kappa shape index (κ3) is 3.03. The number of rotatable bonds is 4. The van der Waals surface area contributed by atoms with Gasteiger partial charge in [0.1, 0.15) is 0 Å². The molecule has 1 aliphatic carbocycles. The fraction of sp³-hybridized carbons (Fsp3) is 0.667. The highest BCUT2D eigenvalue weighted by Gasteiger charge is 2.50. The summed E-state index contributed by atoms with van der Waals surface area (Å²) < 4.78 is 0. The summed E-state index contributed by atoms with van der Waals surface area (Å²) >= 11 is 1.63. The lowest BCUT2D eigenvalue weighted by atomic mass is 9.85. The van der Waals surface area contributed by atoms with Gasteiger partial charge in [0.05, 0.1) is 18.4 Å². The molecule has 2 saturated heterocycles. The highest BCUT2D eigenvalue weighted by atomic mass is 32.1. The molecule has 1 atom stereocenters. The third-order valence-electron chi connectivity index (χ3n) is 5.58. The number of amides is 2. The van der Waals surface area contributed by atoms with E-state index in [0.717, 1.165) is 44.5 Å². The molecule has 2 aliphatic heterocycles. The lowest BCUT2D eigenvalue weighted by Gasteiger charge is -2.44. The number of carbonyl (C=O) groups is 2. The number of likely N-dealkylation sites (tertiary alicyclic amines) is 2. The van der Waals surface area contributed by atoms with Crippen LogP contribution in [0.25, 0.3) is 0 Å². The van der Waals surface area contributed by atoms with Crippen molar-refractivity contribution in [3.63, 3.8) is 0 Å². The summed E-state index contributed by atoms with van der Waals surface area (Å²) in [6, 6.07) is 2.03. The van der Waals surface area contributed by atoms with Crippen LogP contribution in [-0.4, -0.2) is 46.8 Å². The van der Waals surface area contributed by atoms with Crippen LogP contribution in [0.4, 0.5) is 0 Å². The van der Waals surface area contributed by atoms with E-state index in [-0.39, 0.29) is 17.4 Å². The third-order valence-corrected chi connectivity index (χ3v) is 6.31. The van der Waals surface area contributed by atoms with E-state index in [2.05, 4.69) is 4.90 Å². The van der Waals surface area contributed by atoms with Crippen LogP contribution in [0.5, 0.6) is 0 Å². The molecule has 4 rings (SSSR count). The van der Waals surface area contributed by atoms with Gasteiger partial charge in [0, 0.05) is 19.6 Å². The summed E-state index contributed by atoms with van der Waals surface area (Å²) in [5, 5.41) is 4.07. The van der Waals surface area contributed by atoms with E-state index in [1.165, 1.54) is 12.8 Å². The Morgan fingerprint density at radius 3 is 2.96 bits per heavy atom. The first-order valence-corrected chi connectivity index (χ1v) is 9.70. The number of carbonyl (C=O) groups excluding carboxylic acids is 2. The molecule has 1 spiro atoms. The summed E-state index contributed by atoms with van der Waals surface area (Å²) in [5.74, 6) is 1.17. The Labute approximate surface area is 141 Å². The normalized spacial score (nSPS) is 27.9. The Morgan fingerprint density at radius 1 is 1.35 bits per heavy atom. The smallest absolute Gasteiger partial charge is 0.227 e. The maximum atomic E-state index is 12.9. The quantitative estimate of drug-likeness (QED) is 0.850. The van der Waals surface area contributed by atoms with Gasteiger partial charge in [0.15, 0.2) is 0 Å². The van der Waals surface area contributed by atoms with E-state index in [1.807, 2.05) is 21.7 Å². The average Bonchev–Trinajstić information content (AvgIpc) is 3.10. The van der Waals surface area contributed by atoms with Gasteiger partial charge in [-0.3, -0.25) is 9.59 Å². The van der Waals surface area contributed by atoms with Crippen molar-refractivity contribution < 1.29 is 9.59 Å². The minimum Gasteiger partial charge on any atom is -0.340 e. The molecule has 2 amide bonds. The van der Waals surface area contributed by atoms with Crippen molar-refractivity contribution in [2.24, 2.45) is 5.92 Å². The maximum absolute atomic E-state index is 12.9. The molecule has 3 aliphatic rings. The van der Waals surface area contributed by atoms with Gasteiger partial charge in [-0.2, -0.15) is 11.3 Å². The molecule has 1 aromatic heterocycles. The molecule has 1 aromatic rings. The zero-order chi connectivity index (χ0) is 15.9. The van der Waals surface area contributed by atoms with E-state index >= 15 is 0 Å². The van der Waals surface area contributed by atoms with Gasteiger partial charge in [-0.25, -0.2) is 0 Å². The van der Waals surface area contributed by atoms with Gasteiger partial charge in [-0.05, 0) is 60.4 Å². The average molecular weight is 332 g/mol. The van der Waals surface area contributed by atoms with E-state index in [4.69, 9.17) is 0 Å². The molecule has 1 saturated carbocycles. The van der Waals surface area contributed by atoms with E-state index < -0.39 is 0 Å². The van der Waals surface area contributed by atoms with Crippen LogP contribution in [0.1, 0.15) is 44.1 Å². The van der Waals surface area contributed by atoms with Crippen molar-refractivity contribution in [1.82, 2.24) is 9.80 Å². The van der Waals surface area contributed by atoms with Crippen molar-refractivity contribution in [3.8, 4) is 0 Å². The van der Waals surface area contributed by atoms with Crippen LogP contribution in [0.3, 0.4) is 0 Å². The first kappa shape index (κ1) is 15.2. The maximum Gasteiger partial charge on any atom is 0.227 e. The second-order valence-electron chi connectivity index (χ2n) is 7.43. The Morgan fingerprint density at radius 2 is 2.22 bits per heavy atom. The zero-order valence-electron chi connectivity index (χ0n) is 13.5. The fourth-order valence-electron chi connectivity index (χ4n) is 4.17. The Kier molecular flexibility index (Phi) is 3.92. The van der Waals surface area contributed by atoms with E-state index in [0.29, 0.717) is 18.8 Å². The van der Waals surface area contributed by atoms with E-state index in [1.54, 1.807) is 11.3 Å². The summed E-state index contributed by atoms with van der Waals surface area (Å²) in [5.41, 5.74) is 0.872. The van der Waals surface area contributed by atoms with Crippen molar-refractivity contribution in [3.05, 3.63) is 22.4 Å². The van der Waals surface area contributed by atoms with Gasteiger partial charge < -0.3 is 9.80 Å². The first-order valence-electron chi connectivity index (χ1n) is 8.76. The number of hydrogen-bond acceptors (Lipinski definition) is 3. The number of thiophene rings is 1. The molecule has 1 unspecified atom stereocenters. The van der Waals surface area contributed by atoms with Crippen molar-refractivity contribution >= 4 is 23.2 Å². The van der Waals surface area contributed by atoms with Gasteiger partial charge >= 0.3 is 0 Å². The highest BCUT2D eigenvalue weighted by molar-refractivity contribution is 7.08. The molecule has 3 heterocycles. The molecular formula is C18H24N2O2S. The summed E-state index contributed by atoms with van der Waals surface area (Å²) in [6.07, 6.45) is 6.71. The van der Waals surface area contributed by atoms with Gasteiger partial charge in [0.25, 0.3) is 0 Å². The predicted octanol–water partition coefficient (Wildman–Crippen LogP) is 2.68. The number of piperidine rings is 1. The number of nitrogens with zero attached hydrogens (tertiary/aromatic N) is 2. The van der Waals surface area contributed by atoms with Gasteiger partial charge in [-0.15, -0.1) is 0 Å². The molecule has 3 fully saturated rings. The van der Waals surface area contributed by atoms with Crippen LogP contribution in [0.15, 0.2) is 16.8 Å². The summed E-state index contributed by atoms with van der Waals surface area (Å²) in [7, 11) is 0. The SMILES string of the molecule is O=C1CC2(CCCCN2C(=O)Cc2ccsc2)CN1CC1CC1. The van der Waals surface area contributed by atoms with Crippen LogP contribution >= 0.6 is 11.3 Å². The second kappa shape index (κ2) is 5.93. The Balaban J connectivity index is 1.50. The molecule has 23 heavy (non-hydrogen) atoms. The fourth-order valence-corrected chi connectivity index (χ4v) is 4.84. The highest BCUT2D eigenvalue weighted by Crippen LogP contribution is 2.40. The topological polar surface area (TPSA) is 40.6 Å². The van der Waals surface area contributed by atoms with Gasteiger partial charge in [-0.1, -0.05) is 0 Å². The lowest BCUT2D eigenvalue weighted by molar-refractivity contribution is -0.138. The van der Waals surface area contributed by atoms with Crippen molar-refractivity contribution in [2.75, 3.05) is 19.6 Å². The minimum absolute atomic E-state index is 0.198. The summed E-state index contributed by atoms with van der Waals surface area (Å²) in [4.78, 5) is 29.5. The molecule has 4 nitrogen and oxygen atoms in total. The zero-order valence-corrected chi connectivity index (χ0v) is 14.3. The van der Waals surface area contributed by atoms with Crippen LogP contribution in [0.2, 0.25) is 0 Å². The Hall–Kier alpha value is -1.36. The number of hydrogen-bond donors (Lipinski definition) is 0. The molecule has 0 N–H and O–H groups in total.